The maximum atomic E-state index is 12.7. The van der Waals surface area contributed by atoms with Crippen molar-refractivity contribution < 1.29 is 14.3 Å². The Kier molecular flexibility index (Phi) is 4.28. The third-order valence-electron chi connectivity index (χ3n) is 5.11. The van der Waals surface area contributed by atoms with E-state index >= 15 is 0 Å². The molecular formula is C18H24N2O3. The van der Waals surface area contributed by atoms with E-state index in [-0.39, 0.29) is 30.2 Å². The molecule has 0 aromatic heterocycles. The van der Waals surface area contributed by atoms with Crippen LogP contribution < -0.4 is 9.64 Å². The summed E-state index contributed by atoms with van der Waals surface area (Å²) in [5, 5.41) is 0. The van der Waals surface area contributed by atoms with Crippen molar-refractivity contribution in [3.8, 4) is 5.75 Å². The number of nitrogens with zero attached hydrogens (tertiary/aromatic N) is 2. The molecule has 0 radical (unpaired) electrons. The highest BCUT2D eigenvalue weighted by Crippen LogP contribution is 2.37. The van der Waals surface area contributed by atoms with Gasteiger partial charge in [-0.2, -0.15) is 0 Å². The first-order valence-corrected chi connectivity index (χ1v) is 8.23. The fourth-order valence-corrected chi connectivity index (χ4v) is 3.34. The molecule has 2 fully saturated rings. The minimum Gasteiger partial charge on any atom is -0.495 e. The van der Waals surface area contributed by atoms with Crippen LogP contribution in [-0.4, -0.2) is 43.5 Å². The number of rotatable bonds is 5. The number of hydrogen-bond acceptors (Lipinski definition) is 3. The average molecular weight is 316 g/mol. The summed E-state index contributed by atoms with van der Waals surface area (Å²) in [7, 11) is 3.45. The molecule has 1 saturated heterocycles. The van der Waals surface area contributed by atoms with Crippen LogP contribution in [0.15, 0.2) is 24.3 Å². The molecule has 1 aliphatic heterocycles. The van der Waals surface area contributed by atoms with Gasteiger partial charge in [-0.05, 0) is 37.8 Å². The van der Waals surface area contributed by atoms with E-state index in [0.29, 0.717) is 18.2 Å². The number of benzene rings is 1. The number of amides is 2. The number of carbonyl (C=O) groups excluding carboxylic acids is 2. The van der Waals surface area contributed by atoms with E-state index in [1.54, 1.807) is 12.0 Å². The number of anilines is 1. The average Bonchev–Trinajstić information content (AvgIpc) is 3.35. The highest BCUT2D eigenvalue weighted by Gasteiger charge is 2.40. The normalized spacial score (nSPS) is 22.1. The molecule has 2 aliphatic rings. The minimum atomic E-state index is -0.265. The fourth-order valence-electron chi connectivity index (χ4n) is 3.34. The van der Waals surface area contributed by atoms with Crippen LogP contribution in [0.3, 0.4) is 0 Å². The Morgan fingerprint density at radius 1 is 1.35 bits per heavy atom. The van der Waals surface area contributed by atoms with Gasteiger partial charge in [0.25, 0.3) is 0 Å². The molecule has 1 heterocycles. The largest absolute Gasteiger partial charge is 0.495 e. The summed E-state index contributed by atoms with van der Waals surface area (Å²) in [4.78, 5) is 28.6. The summed E-state index contributed by atoms with van der Waals surface area (Å²) >= 11 is 0. The Hall–Kier alpha value is -2.04. The molecule has 1 aromatic carbocycles. The van der Waals surface area contributed by atoms with Crippen LogP contribution in [0.4, 0.5) is 5.69 Å². The molecule has 2 atom stereocenters. The van der Waals surface area contributed by atoms with E-state index in [1.165, 1.54) is 12.8 Å². The van der Waals surface area contributed by atoms with Gasteiger partial charge in [0.1, 0.15) is 5.75 Å². The van der Waals surface area contributed by atoms with Crippen LogP contribution in [0.1, 0.15) is 26.2 Å². The summed E-state index contributed by atoms with van der Waals surface area (Å²) < 4.78 is 5.34. The summed E-state index contributed by atoms with van der Waals surface area (Å²) in [6.07, 6.45) is 2.68. The van der Waals surface area contributed by atoms with E-state index in [9.17, 15) is 9.59 Å². The Morgan fingerprint density at radius 2 is 2.04 bits per heavy atom. The molecule has 3 rings (SSSR count). The first-order chi connectivity index (χ1) is 11.0. The van der Waals surface area contributed by atoms with Gasteiger partial charge in [0.05, 0.1) is 18.7 Å². The van der Waals surface area contributed by atoms with E-state index in [4.69, 9.17) is 4.74 Å². The fraction of sp³-hybridized carbons (Fsp3) is 0.556. The Morgan fingerprint density at radius 3 is 2.70 bits per heavy atom. The van der Waals surface area contributed by atoms with Crippen molar-refractivity contribution in [1.82, 2.24) is 4.90 Å². The first kappa shape index (κ1) is 15.8. The number of carbonyl (C=O) groups is 2. The third-order valence-corrected chi connectivity index (χ3v) is 5.11. The van der Waals surface area contributed by atoms with E-state index in [1.807, 2.05) is 36.2 Å². The summed E-state index contributed by atoms with van der Waals surface area (Å²) in [5.74, 6) is 1.09. The Labute approximate surface area is 137 Å². The van der Waals surface area contributed by atoms with E-state index < -0.39 is 0 Å². The molecular weight excluding hydrogens is 292 g/mol. The first-order valence-electron chi connectivity index (χ1n) is 8.23. The molecule has 2 unspecified atom stereocenters. The number of para-hydroxylation sites is 2. The molecule has 5 nitrogen and oxygen atoms in total. The van der Waals surface area contributed by atoms with Gasteiger partial charge in [-0.25, -0.2) is 0 Å². The summed E-state index contributed by atoms with van der Waals surface area (Å²) in [5.41, 5.74) is 0.744. The lowest BCUT2D eigenvalue weighted by atomic mass is 10.1. The van der Waals surface area contributed by atoms with Gasteiger partial charge < -0.3 is 14.5 Å². The van der Waals surface area contributed by atoms with Crippen LogP contribution >= 0.6 is 0 Å². The molecule has 5 heteroatoms. The van der Waals surface area contributed by atoms with Gasteiger partial charge in [-0.15, -0.1) is 0 Å². The zero-order chi connectivity index (χ0) is 16.6. The number of hydrogen-bond donors (Lipinski definition) is 0. The van der Waals surface area contributed by atoms with Gasteiger partial charge in [0.15, 0.2) is 0 Å². The van der Waals surface area contributed by atoms with Crippen LogP contribution in [-0.2, 0) is 9.59 Å². The summed E-state index contributed by atoms with van der Waals surface area (Å²) in [6, 6.07) is 7.70. The van der Waals surface area contributed by atoms with Crippen molar-refractivity contribution in [1.29, 1.82) is 0 Å². The quantitative estimate of drug-likeness (QED) is 0.837. The van der Waals surface area contributed by atoms with Crippen molar-refractivity contribution in [2.75, 3.05) is 25.6 Å². The van der Waals surface area contributed by atoms with Crippen LogP contribution in [0.25, 0.3) is 0 Å². The smallest absolute Gasteiger partial charge is 0.228 e. The zero-order valence-corrected chi connectivity index (χ0v) is 14.0. The number of ether oxygens (including phenoxy) is 1. The van der Waals surface area contributed by atoms with Crippen molar-refractivity contribution in [3.63, 3.8) is 0 Å². The Bertz CT molecular complexity index is 612. The van der Waals surface area contributed by atoms with Crippen molar-refractivity contribution in [2.45, 2.75) is 32.2 Å². The van der Waals surface area contributed by atoms with Crippen molar-refractivity contribution in [3.05, 3.63) is 24.3 Å². The standard InChI is InChI=1S/C18H24N2O3/c1-12(13-8-9-13)19(2)18(22)14-10-17(21)20(11-14)15-6-4-5-7-16(15)23-3/h4-7,12-14H,8-11H2,1-3H3. The molecule has 0 N–H and O–H groups in total. The molecule has 2 amide bonds. The van der Waals surface area contributed by atoms with Gasteiger partial charge in [-0.3, -0.25) is 9.59 Å². The lowest BCUT2D eigenvalue weighted by molar-refractivity contribution is -0.136. The predicted molar refractivity (Wildman–Crippen MR) is 88.4 cm³/mol. The Balaban J connectivity index is 1.73. The van der Waals surface area contributed by atoms with Gasteiger partial charge in [0.2, 0.25) is 11.8 Å². The lowest BCUT2D eigenvalue weighted by Crippen LogP contribution is -2.41. The molecule has 0 bridgehead atoms. The zero-order valence-electron chi connectivity index (χ0n) is 14.0. The third kappa shape index (κ3) is 3.05. The molecule has 0 spiro atoms. The number of methoxy groups -OCH3 is 1. The SMILES string of the molecule is COc1ccccc1N1CC(C(=O)N(C)C(C)C2CC2)CC1=O. The second-order valence-corrected chi connectivity index (χ2v) is 6.60. The van der Waals surface area contributed by atoms with Crippen LogP contribution in [0.2, 0.25) is 0 Å². The lowest BCUT2D eigenvalue weighted by Gasteiger charge is -2.27. The van der Waals surface area contributed by atoms with Crippen LogP contribution in [0, 0.1) is 11.8 Å². The van der Waals surface area contributed by atoms with E-state index in [2.05, 4.69) is 6.92 Å². The molecule has 124 valence electrons. The molecule has 1 aromatic rings. The second kappa shape index (κ2) is 6.22. The highest BCUT2D eigenvalue weighted by molar-refractivity contribution is 6.01. The monoisotopic (exact) mass is 316 g/mol. The molecule has 1 saturated carbocycles. The molecule has 23 heavy (non-hydrogen) atoms. The molecule has 1 aliphatic carbocycles. The van der Waals surface area contributed by atoms with Gasteiger partial charge in [-0.1, -0.05) is 12.1 Å². The topological polar surface area (TPSA) is 49.9 Å². The van der Waals surface area contributed by atoms with Gasteiger partial charge in [0, 0.05) is 26.1 Å². The maximum Gasteiger partial charge on any atom is 0.228 e. The minimum absolute atomic E-state index is 0.0136. The van der Waals surface area contributed by atoms with E-state index in [0.717, 1.165) is 5.69 Å². The summed E-state index contributed by atoms with van der Waals surface area (Å²) in [6.45, 7) is 2.53. The van der Waals surface area contributed by atoms with Gasteiger partial charge >= 0.3 is 0 Å². The van der Waals surface area contributed by atoms with Crippen LogP contribution in [0.5, 0.6) is 5.75 Å². The highest BCUT2D eigenvalue weighted by atomic mass is 16.5. The second-order valence-electron chi connectivity index (χ2n) is 6.60. The van der Waals surface area contributed by atoms with Crippen molar-refractivity contribution >= 4 is 17.5 Å². The maximum absolute atomic E-state index is 12.7. The van der Waals surface area contributed by atoms with Crippen molar-refractivity contribution in [2.24, 2.45) is 11.8 Å². The predicted octanol–water partition coefficient (Wildman–Crippen LogP) is 2.31.